The lowest BCUT2D eigenvalue weighted by Crippen LogP contribution is -2.22. The number of rotatable bonds is 3. The third-order valence-electron chi connectivity index (χ3n) is 3.34. The van der Waals surface area contributed by atoms with Crippen LogP contribution in [0.3, 0.4) is 0 Å². The van der Waals surface area contributed by atoms with E-state index in [1.54, 1.807) is 6.07 Å². The summed E-state index contributed by atoms with van der Waals surface area (Å²) in [5, 5.41) is 6.15. The van der Waals surface area contributed by atoms with Crippen LogP contribution in [-0.2, 0) is 0 Å². The summed E-state index contributed by atoms with van der Waals surface area (Å²) in [5.41, 5.74) is 5.89. The standard InChI is InChI=1S/C15H18N2OS/c1-10(2)12-7-6-11(3)13(9-12)16-17-15(18)14-5-4-8-19-14/h4-6,8,12H,1,7,9H2,2-3H3,(H,17,18). The van der Waals surface area contributed by atoms with Gasteiger partial charge >= 0.3 is 0 Å². The molecule has 0 aromatic carbocycles. The van der Waals surface area contributed by atoms with Gasteiger partial charge in [0.1, 0.15) is 0 Å². The van der Waals surface area contributed by atoms with Gasteiger partial charge in [-0.15, -0.1) is 11.3 Å². The Morgan fingerprint density at radius 3 is 3.00 bits per heavy atom. The Bertz CT molecular complexity index is 541. The minimum absolute atomic E-state index is 0.146. The first-order valence-electron chi connectivity index (χ1n) is 6.31. The Kier molecular flexibility index (Phi) is 4.32. The molecule has 4 heteroatoms. The normalized spacial score (nSPS) is 21.1. The van der Waals surface area contributed by atoms with Gasteiger partial charge in [0, 0.05) is 0 Å². The number of nitrogens with one attached hydrogen (secondary N) is 1. The van der Waals surface area contributed by atoms with Gasteiger partial charge in [-0.1, -0.05) is 24.3 Å². The van der Waals surface area contributed by atoms with Crippen molar-refractivity contribution in [3.05, 3.63) is 46.2 Å². The molecule has 1 unspecified atom stereocenters. The average Bonchev–Trinajstić information content (AvgIpc) is 2.91. The maximum atomic E-state index is 11.8. The Hall–Kier alpha value is -1.68. The highest BCUT2D eigenvalue weighted by atomic mass is 32.1. The summed E-state index contributed by atoms with van der Waals surface area (Å²) in [6.07, 6.45) is 4.03. The molecule has 2 rings (SSSR count). The van der Waals surface area contributed by atoms with Crippen LogP contribution in [-0.4, -0.2) is 11.6 Å². The van der Waals surface area contributed by atoms with Crippen LogP contribution in [0.1, 0.15) is 36.4 Å². The fourth-order valence-electron chi connectivity index (χ4n) is 2.00. The molecule has 1 amide bonds. The smallest absolute Gasteiger partial charge is 0.266 e. The minimum Gasteiger partial charge on any atom is -0.266 e. The first-order chi connectivity index (χ1) is 9.08. The summed E-state index contributed by atoms with van der Waals surface area (Å²) in [6, 6.07) is 3.65. The summed E-state index contributed by atoms with van der Waals surface area (Å²) >= 11 is 1.41. The van der Waals surface area contributed by atoms with Crippen LogP contribution in [0.4, 0.5) is 0 Å². The van der Waals surface area contributed by atoms with E-state index < -0.39 is 0 Å². The molecule has 1 heterocycles. The van der Waals surface area contributed by atoms with Crippen LogP contribution in [0.2, 0.25) is 0 Å². The molecule has 1 atom stereocenters. The van der Waals surface area contributed by atoms with Crippen molar-refractivity contribution in [2.75, 3.05) is 0 Å². The van der Waals surface area contributed by atoms with Crippen LogP contribution < -0.4 is 5.43 Å². The second-order valence-electron chi connectivity index (χ2n) is 4.85. The third-order valence-corrected chi connectivity index (χ3v) is 4.21. The van der Waals surface area contributed by atoms with E-state index in [9.17, 15) is 4.79 Å². The van der Waals surface area contributed by atoms with Gasteiger partial charge in [0.05, 0.1) is 10.6 Å². The number of nitrogens with zero attached hydrogens (tertiary/aromatic N) is 1. The number of hydrazone groups is 1. The zero-order valence-electron chi connectivity index (χ0n) is 11.3. The summed E-state index contributed by atoms with van der Waals surface area (Å²) in [7, 11) is 0. The molecule has 1 aromatic rings. The number of allylic oxidation sites excluding steroid dienone is 3. The van der Waals surface area contributed by atoms with Crippen molar-refractivity contribution in [3.8, 4) is 0 Å². The van der Waals surface area contributed by atoms with Crippen molar-refractivity contribution < 1.29 is 4.79 Å². The lowest BCUT2D eigenvalue weighted by molar-refractivity contribution is 0.0959. The molecule has 100 valence electrons. The molecule has 0 saturated heterocycles. The van der Waals surface area contributed by atoms with E-state index in [-0.39, 0.29) is 5.91 Å². The first-order valence-corrected chi connectivity index (χ1v) is 7.19. The topological polar surface area (TPSA) is 41.5 Å². The van der Waals surface area contributed by atoms with E-state index in [1.165, 1.54) is 16.9 Å². The zero-order chi connectivity index (χ0) is 13.8. The summed E-state index contributed by atoms with van der Waals surface area (Å²) in [5.74, 6) is 0.286. The molecule has 0 saturated carbocycles. The lowest BCUT2D eigenvalue weighted by Gasteiger charge is -2.22. The Morgan fingerprint density at radius 2 is 2.37 bits per heavy atom. The number of carbonyl (C=O) groups is 1. The van der Waals surface area contributed by atoms with Crippen LogP contribution >= 0.6 is 11.3 Å². The predicted octanol–water partition coefficient (Wildman–Crippen LogP) is 3.77. The highest BCUT2D eigenvalue weighted by Crippen LogP contribution is 2.26. The second-order valence-corrected chi connectivity index (χ2v) is 5.79. The zero-order valence-corrected chi connectivity index (χ0v) is 12.1. The Labute approximate surface area is 117 Å². The molecule has 0 spiro atoms. The van der Waals surface area contributed by atoms with Gasteiger partial charge in [-0.2, -0.15) is 5.10 Å². The van der Waals surface area contributed by atoms with E-state index in [1.807, 2.05) is 25.3 Å². The molecule has 3 nitrogen and oxygen atoms in total. The number of carbonyl (C=O) groups excluding carboxylic acids is 1. The lowest BCUT2D eigenvalue weighted by atomic mass is 9.85. The van der Waals surface area contributed by atoms with E-state index in [2.05, 4.69) is 23.2 Å². The van der Waals surface area contributed by atoms with Gasteiger partial charge in [-0.3, -0.25) is 4.79 Å². The number of hydrogen-bond acceptors (Lipinski definition) is 3. The van der Waals surface area contributed by atoms with Crippen LogP contribution in [0, 0.1) is 5.92 Å². The van der Waals surface area contributed by atoms with Gasteiger partial charge in [0.2, 0.25) is 0 Å². The Morgan fingerprint density at radius 1 is 1.58 bits per heavy atom. The molecule has 1 aromatic heterocycles. The van der Waals surface area contributed by atoms with Crippen molar-refractivity contribution in [2.45, 2.75) is 26.7 Å². The Balaban J connectivity index is 2.06. The number of hydrogen-bond donors (Lipinski definition) is 1. The average molecular weight is 274 g/mol. The molecule has 0 aliphatic heterocycles. The van der Waals surface area contributed by atoms with Crippen molar-refractivity contribution in [2.24, 2.45) is 11.0 Å². The fraction of sp³-hybridized carbons (Fsp3) is 0.333. The molecule has 1 aliphatic rings. The van der Waals surface area contributed by atoms with Crippen LogP contribution in [0.25, 0.3) is 0 Å². The molecule has 1 aliphatic carbocycles. The maximum Gasteiger partial charge on any atom is 0.281 e. The molecule has 0 bridgehead atoms. The van der Waals surface area contributed by atoms with Gasteiger partial charge < -0.3 is 0 Å². The number of amides is 1. The van der Waals surface area contributed by atoms with E-state index in [0.29, 0.717) is 10.8 Å². The molecular weight excluding hydrogens is 256 g/mol. The van der Waals surface area contributed by atoms with Crippen LogP contribution in [0.15, 0.2) is 46.4 Å². The summed E-state index contributed by atoms with van der Waals surface area (Å²) < 4.78 is 0. The highest BCUT2D eigenvalue weighted by molar-refractivity contribution is 7.12. The molecule has 1 N–H and O–H groups in total. The monoisotopic (exact) mass is 274 g/mol. The van der Waals surface area contributed by atoms with Crippen molar-refractivity contribution >= 4 is 23.0 Å². The van der Waals surface area contributed by atoms with E-state index in [0.717, 1.165) is 24.1 Å². The van der Waals surface area contributed by atoms with Gasteiger partial charge in [-0.05, 0) is 49.6 Å². The molecule has 19 heavy (non-hydrogen) atoms. The molecule has 0 radical (unpaired) electrons. The fourth-order valence-corrected chi connectivity index (χ4v) is 2.62. The quantitative estimate of drug-likeness (QED) is 0.661. The number of thiophene rings is 1. The largest absolute Gasteiger partial charge is 0.281 e. The van der Waals surface area contributed by atoms with E-state index >= 15 is 0 Å². The van der Waals surface area contributed by atoms with Crippen molar-refractivity contribution in [3.63, 3.8) is 0 Å². The SMILES string of the molecule is C=C(C)C1CC=C(C)C(=NNC(=O)c2cccs2)C1. The van der Waals surface area contributed by atoms with Crippen molar-refractivity contribution in [1.29, 1.82) is 0 Å². The van der Waals surface area contributed by atoms with Gasteiger partial charge in [0.25, 0.3) is 5.91 Å². The van der Waals surface area contributed by atoms with Gasteiger partial charge in [-0.25, -0.2) is 5.43 Å². The maximum absolute atomic E-state index is 11.8. The van der Waals surface area contributed by atoms with Crippen molar-refractivity contribution in [1.82, 2.24) is 5.43 Å². The molecular formula is C15H18N2OS. The van der Waals surface area contributed by atoms with E-state index in [4.69, 9.17) is 0 Å². The molecule has 0 fully saturated rings. The summed E-state index contributed by atoms with van der Waals surface area (Å²) in [6.45, 7) is 8.08. The second kappa shape index (κ2) is 5.97. The summed E-state index contributed by atoms with van der Waals surface area (Å²) in [4.78, 5) is 12.5. The third kappa shape index (κ3) is 3.41. The minimum atomic E-state index is -0.146. The van der Waals surface area contributed by atoms with Gasteiger partial charge in [0.15, 0.2) is 0 Å². The highest BCUT2D eigenvalue weighted by Gasteiger charge is 2.18. The van der Waals surface area contributed by atoms with Crippen LogP contribution in [0.5, 0.6) is 0 Å². The first kappa shape index (κ1) is 13.7. The predicted molar refractivity (Wildman–Crippen MR) is 80.5 cm³/mol.